The Morgan fingerprint density at radius 3 is 3.00 bits per heavy atom. The van der Waals surface area contributed by atoms with Crippen LogP contribution in [0.3, 0.4) is 0 Å². The van der Waals surface area contributed by atoms with Gasteiger partial charge in [0.2, 0.25) is 0 Å². The van der Waals surface area contributed by atoms with Crippen molar-refractivity contribution in [3.63, 3.8) is 0 Å². The van der Waals surface area contributed by atoms with Crippen molar-refractivity contribution in [1.82, 2.24) is 5.16 Å². The van der Waals surface area contributed by atoms with Crippen molar-refractivity contribution in [2.45, 2.75) is 6.61 Å². The number of nitrogens with zero attached hydrogens (tertiary/aromatic N) is 1. The smallest absolute Gasteiger partial charge is 0.346 e. The fourth-order valence-electron chi connectivity index (χ4n) is 2.66. The third-order valence-electron chi connectivity index (χ3n) is 3.81. The van der Waals surface area contributed by atoms with E-state index in [2.05, 4.69) is 5.16 Å². The lowest BCUT2D eigenvalue weighted by Crippen LogP contribution is -2.02. The molecular formula is C17H11ClN2O4S. The van der Waals surface area contributed by atoms with Crippen molar-refractivity contribution in [1.29, 1.82) is 0 Å². The molecule has 8 heteroatoms. The number of nitrogen functional groups attached to an aromatic ring is 1. The van der Waals surface area contributed by atoms with Crippen LogP contribution in [0.1, 0.15) is 15.2 Å². The standard InChI is InChI=1S/C17H11ClN2O4S/c18-11-2-1-3-13-14(11)10(15(25-13)17(21)22)7-23-8-4-5-9-12(6-8)24-20-16(9)19/h1-6H,7H2,(H2,19,20)(H,21,22). The quantitative estimate of drug-likeness (QED) is 0.543. The molecule has 6 nitrogen and oxygen atoms in total. The van der Waals surface area contributed by atoms with E-state index in [9.17, 15) is 9.90 Å². The minimum atomic E-state index is -1.01. The van der Waals surface area contributed by atoms with Crippen LogP contribution in [0.5, 0.6) is 5.75 Å². The number of carbonyl (C=O) groups is 1. The van der Waals surface area contributed by atoms with Crippen LogP contribution in [0.25, 0.3) is 21.1 Å². The summed E-state index contributed by atoms with van der Waals surface area (Å²) in [5.74, 6) is -0.175. The molecule has 0 amide bonds. The molecule has 0 fully saturated rings. The number of thiophene rings is 1. The van der Waals surface area contributed by atoms with Crippen molar-refractivity contribution in [3.05, 3.63) is 51.9 Å². The monoisotopic (exact) mass is 374 g/mol. The molecule has 0 spiro atoms. The molecular weight excluding hydrogens is 364 g/mol. The summed E-state index contributed by atoms with van der Waals surface area (Å²) >= 11 is 7.44. The second kappa shape index (κ2) is 5.94. The number of carboxylic acids is 1. The lowest BCUT2D eigenvalue weighted by Gasteiger charge is -2.07. The number of aromatic carboxylic acids is 1. The number of hydrogen-bond acceptors (Lipinski definition) is 6. The molecule has 0 saturated heterocycles. The van der Waals surface area contributed by atoms with Crippen molar-refractivity contribution in [2.24, 2.45) is 0 Å². The Bertz CT molecular complexity index is 1120. The Balaban J connectivity index is 1.71. The molecule has 0 radical (unpaired) electrons. The van der Waals surface area contributed by atoms with Gasteiger partial charge in [-0.15, -0.1) is 11.3 Å². The molecule has 4 rings (SSSR count). The van der Waals surface area contributed by atoms with Crippen LogP contribution < -0.4 is 10.5 Å². The summed E-state index contributed by atoms with van der Waals surface area (Å²) in [5.41, 5.74) is 6.74. The Morgan fingerprint density at radius 1 is 1.36 bits per heavy atom. The van der Waals surface area contributed by atoms with Gasteiger partial charge in [-0.2, -0.15) is 0 Å². The lowest BCUT2D eigenvalue weighted by atomic mass is 10.1. The van der Waals surface area contributed by atoms with Crippen LogP contribution in [0, 0.1) is 0 Å². The molecule has 4 aromatic rings. The first kappa shape index (κ1) is 15.7. The number of hydrogen-bond donors (Lipinski definition) is 2. The number of fused-ring (bicyclic) bond motifs is 2. The number of nitrogens with two attached hydrogens (primary N) is 1. The van der Waals surface area contributed by atoms with Crippen LogP contribution in [0.2, 0.25) is 5.02 Å². The number of halogens is 1. The highest BCUT2D eigenvalue weighted by atomic mass is 35.5. The SMILES string of the molecule is Nc1noc2cc(OCc3c(C(=O)O)sc4cccc(Cl)c34)ccc12. The van der Waals surface area contributed by atoms with Crippen molar-refractivity contribution in [3.8, 4) is 5.75 Å². The average Bonchev–Trinajstić information content (AvgIpc) is 3.15. The summed E-state index contributed by atoms with van der Waals surface area (Å²) in [6.07, 6.45) is 0. The Kier molecular flexibility index (Phi) is 3.74. The van der Waals surface area contributed by atoms with E-state index in [1.165, 1.54) is 11.3 Å². The van der Waals surface area contributed by atoms with E-state index < -0.39 is 5.97 Å². The molecule has 0 aliphatic rings. The fourth-order valence-corrected chi connectivity index (χ4v) is 4.08. The van der Waals surface area contributed by atoms with Gasteiger partial charge in [0.1, 0.15) is 17.2 Å². The van der Waals surface area contributed by atoms with Crippen molar-refractivity contribution in [2.75, 3.05) is 5.73 Å². The molecule has 0 aliphatic carbocycles. The molecule has 0 saturated carbocycles. The number of anilines is 1. The second-order valence-corrected chi connectivity index (χ2v) is 6.80. The fraction of sp³-hybridized carbons (Fsp3) is 0.0588. The van der Waals surface area contributed by atoms with E-state index in [1.54, 1.807) is 30.3 Å². The van der Waals surface area contributed by atoms with Crippen LogP contribution in [-0.4, -0.2) is 16.2 Å². The zero-order valence-electron chi connectivity index (χ0n) is 12.7. The molecule has 2 aromatic heterocycles. The molecule has 126 valence electrons. The molecule has 3 N–H and O–H groups in total. The summed E-state index contributed by atoms with van der Waals surface area (Å²) in [6.45, 7) is 0.0699. The van der Waals surface area contributed by atoms with Crippen molar-refractivity contribution < 1.29 is 19.2 Å². The van der Waals surface area contributed by atoms with E-state index in [4.69, 9.17) is 26.6 Å². The van der Waals surface area contributed by atoms with E-state index in [-0.39, 0.29) is 11.5 Å². The Hall–Kier alpha value is -2.77. The molecule has 0 bridgehead atoms. The van der Waals surface area contributed by atoms with E-state index in [0.717, 1.165) is 4.70 Å². The van der Waals surface area contributed by atoms with Crippen LogP contribution in [0.15, 0.2) is 40.9 Å². The highest BCUT2D eigenvalue weighted by molar-refractivity contribution is 7.21. The summed E-state index contributed by atoms with van der Waals surface area (Å²) in [5, 5.41) is 15.1. The summed E-state index contributed by atoms with van der Waals surface area (Å²) in [4.78, 5) is 11.8. The largest absolute Gasteiger partial charge is 0.489 e. The van der Waals surface area contributed by atoms with Gasteiger partial charge in [0.25, 0.3) is 0 Å². The number of rotatable bonds is 4. The molecule has 0 atom stereocenters. The third-order valence-corrected chi connectivity index (χ3v) is 5.31. The normalized spacial score (nSPS) is 11.2. The Labute approximate surface area is 150 Å². The maximum Gasteiger partial charge on any atom is 0.346 e. The summed E-state index contributed by atoms with van der Waals surface area (Å²) < 4.78 is 11.7. The van der Waals surface area contributed by atoms with E-state index in [0.29, 0.717) is 38.5 Å². The number of aromatic nitrogens is 1. The van der Waals surface area contributed by atoms with Crippen LogP contribution in [0.4, 0.5) is 5.82 Å². The van der Waals surface area contributed by atoms with Gasteiger partial charge in [0.15, 0.2) is 11.4 Å². The van der Waals surface area contributed by atoms with Crippen LogP contribution in [-0.2, 0) is 6.61 Å². The highest BCUT2D eigenvalue weighted by Gasteiger charge is 2.20. The lowest BCUT2D eigenvalue weighted by molar-refractivity contribution is 0.0699. The highest BCUT2D eigenvalue weighted by Crippen LogP contribution is 2.37. The maximum atomic E-state index is 11.6. The first-order valence-electron chi connectivity index (χ1n) is 7.25. The molecule has 0 aliphatic heterocycles. The first-order valence-corrected chi connectivity index (χ1v) is 8.45. The minimum Gasteiger partial charge on any atom is -0.489 e. The average molecular weight is 375 g/mol. The third kappa shape index (κ3) is 2.67. The zero-order valence-corrected chi connectivity index (χ0v) is 14.2. The number of ether oxygens (including phenoxy) is 1. The van der Waals surface area contributed by atoms with Gasteiger partial charge < -0.3 is 20.1 Å². The predicted octanol–water partition coefficient (Wildman–Crippen LogP) is 4.56. The molecule has 0 unspecified atom stereocenters. The second-order valence-electron chi connectivity index (χ2n) is 5.34. The minimum absolute atomic E-state index is 0.0699. The van der Waals surface area contributed by atoms with E-state index >= 15 is 0 Å². The zero-order chi connectivity index (χ0) is 17.6. The van der Waals surface area contributed by atoms with Gasteiger partial charge in [-0.25, -0.2) is 4.79 Å². The van der Waals surface area contributed by atoms with Gasteiger partial charge in [-0.3, -0.25) is 0 Å². The summed E-state index contributed by atoms with van der Waals surface area (Å²) in [6, 6.07) is 10.5. The molecule has 2 aromatic carbocycles. The summed E-state index contributed by atoms with van der Waals surface area (Å²) in [7, 11) is 0. The van der Waals surface area contributed by atoms with Crippen molar-refractivity contribution >= 4 is 55.8 Å². The van der Waals surface area contributed by atoms with Gasteiger partial charge in [0.05, 0.1) is 5.39 Å². The maximum absolute atomic E-state index is 11.6. The Morgan fingerprint density at radius 2 is 2.20 bits per heavy atom. The van der Waals surface area contributed by atoms with Gasteiger partial charge in [-0.1, -0.05) is 22.8 Å². The number of benzene rings is 2. The van der Waals surface area contributed by atoms with Gasteiger partial charge >= 0.3 is 5.97 Å². The molecule has 2 heterocycles. The molecule has 25 heavy (non-hydrogen) atoms. The van der Waals surface area contributed by atoms with Crippen LogP contribution >= 0.6 is 22.9 Å². The predicted molar refractivity (Wildman–Crippen MR) is 96.5 cm³/mol. The topological polar surface area (TPSA) is 98.6 Å². The van der Waals surface area contributed by atoms with Gasteiger partial charge in [0, 0.05) is 26.7 Å². The number of carboxylic acid groups (broad SMARTS) is 1. The van der Waals surface area contributed by atoms with Gasteiger partial charge in [-0.05, 0) is 24.3 Å². The first-order chi connectivity index (χ1) is 12.0. The van der Waals surface area contributed by atoms with E-state index in [1.807, 2.05) is 6.07 Å².